The lowest BCUT2D eigenvalue weighted by Gasteiger charge is -2.30. The minimum atomic E-state index is -1.02. The van der Waals surface area contributed by atoms with Crippen molar-refractivity contribution < 1.29 is 32.1 Å². The number of aliphatic hydroxyl groups is 1. The molecular weight excluding hydrogens is 448 g/mol. The lowest BCUT2D eigenvalue weighted by molar-refractivity contribution is 0.0116. The first kappa shape index (κ1) is 25.0. The van der Waals surface area contributed by atoms with Crippen LogP contribution in [0.25, 0.3) is 0 Å². The fourth-order valence-electron chi connectivity index (χ4n) is 5.30. The molecule has 0 atom stereocenters. The number of hydrogen-bond donors (Lipinski definition) is 1. The van der Waals surface area contributed by atoms with Gasteiger partial charge < -0.3 is 14.6 Å². The molecule has 186 valence electrons. The van der Waals surface area contributed by atoms with Crippen molar-refractivity contribution in [3.8, 4) is 5.75 Å². The summed E-state index contributed by atoms with van der Waals surface area (Å²) in [7, 11) is 0. The number of halogens is 4. The first-order valence-corrected chi connectivity index (χ1v) is 12.3. The summed E-state index contributed by atoms with van der Waals surface area (Å²) in [5, 5.41) is 9.67. The van der Waals surface area contributed by atoms with Crippen LogP contribution < -0.4 is 4.74 Å². The smallest absolute Gasteiger partial charge is 0.200 e. The third kappa shape index (κ3) is 5.41. The molecule has 4 rings (SSSR count). The van der Waals surface area contributed by atoms with Gasteiger partial charge in [-0.25, -0.2) is 13.2 Å². The van der Waals surface area contributed by atoms with E-state index in [-0.39, 0.29) is 48.6 Å². The molecule has 2 aliphatic rings. The molecule has 3 nitrogen and oxygen atoms in total. The molecule has 0 saturated heterocycles. The zero-order chi connectivity index (χ0) is 24.2. The topological polar surface area (TPSA) is 38.7 Å². The molecule has 2 aromatic rings. The van der Waals surface area contributed by atoms with Gasteiger partial charge in [-0.05, 0) is 93.4 Å². The van der Waals surface area contributed by atoms with Crippen molar-refractivity contribution in [1.29, 1.82) is 0 Å². The van der Waals surface area contributed by atoms with E-state index in [4.69, 9.17) is 9.47 Å². The maximum atomic E-state index is 15.0. The summed E-state index contributed by atoms with van der Waals surface area (Å²) in [6.07, 6.45) is 4.61. The third-order valence-corrected chi connectivity index (χ3v) is 7.29. The summed E-state index contributed by atoms with van der Waals surface area (Å²) in [5.74, 6) is -3.78. The van der Waals surface area contributed by atoms with Gasteiger partial charge in [0.1, 0.15) is 0 Å². The standard InChI is InChI=1S/C27H32F4O3/c1-2-33-23-14-7-18(24(28)27(23)31)15-34-20-10-5-17(6-11-20)22-13-12-21(25(29)26(22)30)16-3-8-19(32)9-4-16/h7,12-14,16-17,19-20,32H,2-6,8-11,15H2,1H3. The van der Waals surface area contributed by atoms with Crippen molar-refractivity contribution >= 4 is 0 Å². The number of hydrogen-bond acceptors (Lipinski definition) is 3. The third-order valence-electron chi connectivity index (χ3n) is 7.29. The van der Waals surface area contributed by atoms with Crippen LogP contribution in [0.15, 0.2) is 24.3 Å². The molecule has 1 N–H and O–H groups in total. The van der Waals surface area contributed by atoms with Gasteiger partial charge in [-0.15, -0.1) is 0 Å². The summed E-state index contributed by atoms with van der Waals surface area (Å²) >= 11 is 0. The molecule has 0 spiro atoms. The predicted molar refractivity (Wildman–Crippen MR) is 121 cm³/mol. The van der Waals surface area contributed by atoms with Crippen LogP contribution in [0.5, 0.6) is 5.75 Å². The summed E-state index contributed by atoms with van der Waals surface area (Å²) < 4.78 is 69.1. The fraction of sp³-hybridized carbons (Fsp3) is 0.556. The second kappa shape index (κ2) is 11.1. The van der Waals surface area contributed by atoms with E-state index in [9.17, 15) is 22.7 Å². The van der Waals surface area contributed by atoms with Crippen LogP contribution in [0.3, 0.4) is 0 Å². The van der Waals surface area contributed by atoms with Gasteiger partial charge in [-0.1, -0.05) is 12.1 Å². The van der Waals surface area contributed by atoms with Crippen molar-refractivity contribution in [3.63, 3.8) is 0 Å². The molecule has 0 amide bonds. The fourth-order valence-corrected chi connectivity index (χ4v) is 5.30. The largest absolute Gasteiger partial charge is 0.491 e. The molecule has 0 heterocycles. The van der Waals surface area contributed by atoms with E-state index in [0.717, 1.165) is 0 Å². The lowest BCUT2D eigenvalue weighted by atomic mass is 9.79. The molecule has 2 aliphatic carbocycles. The van der Waals surface area contributed by atoms with Gasteiger partial charge in [0.05, 0.1) is 25.4 Å². The van der Waals surface area contributed by atoms with E-state index in [1.54, 1.807) is 19.1 Å². The van der Waals surface area contributed by atoms with Crippen molar-refractivity contribution in [2.45, 2.75) is 88.9 Å². The van der Waals surface area contributed by atoms with E-state index in [0.29, 0.717) is 62.5 Å². The highest BCUT2D eigenvalue weighted by Gasteiger charge is 2.29. The Kier molecular flexibility index (Phi) is 8.14. The first-order valence-electron chi connectivity index (χ1n) is 12.3. The molecular formula is C27H32F4O3. The quantitative estimate of drug-likeness (QED) is 0.438. The molecule has 7 heteroatoms. The maximum absolute atomic E-state index is 15.0. The first-order chi connectivity index (χ1) is 16.4. The van der Waals surface area contributed by atoms with Crippen LogP contribution in [0, 0.1) is 23.3 Å². The maximum Gasteiger partial charge on any atom is 0.200 e. The Morgan fingerprint density at radius 2 is 1.29 bits per heavy atom. The van der Waals surface area contributed by atoms with Gasteiger partial charge in [0.2, 0.25) is 5.82 Å². The summed E-state index contributed by atoms with van der Waals surface area (Å²) in [6.45, 7) is 1.88. The Balaban J connectivity index is 1.33. The molecule has 2 fully saturated rings. The minimum absolute atomic E-state index is 0.0519. The van der Waals surface area contributed by atoms with Crippen LogP contribution in [-0.2, 0) is 11.3 Å². The minimum Gasteiger partial charge on any atom is -0.491 e. The molecule has 0 aliphatic heterocycles. The van der Waals surface area contributed by atoms with E-state index < -0.39 is 23.3 Å². The van der Waals surface area contributed by atoms with Crippen molar-refractivity contribution in [3.05, 3.63) is 64.2 Å². The monoisotopic (exact) mass is 480 g/mol. The second-order valence-electron chi connectivity index (χ2n) is 9.45. The predicted octanol–water partition coefficient (Wildman–Crippen LogP) is 6.90. The van der Waals surface area contributed by atoms with Crippen molar-refractivity contribution in [2.75, 3.05) is 6.61 Å². The number of aliphatic hydroxyl groups excluding tert-OH is 1. The van der Waals surface area contributed by atoms with Crippen LogP contribution in [-0.4, -0.2) is 23.9 Å². The van der Waals surface area contributed by atoms with E-state index in [2.05, 4.69) is 0 Å². The van der Waals surface area contributed by atoms with Gasteiger partial charge in [0, 0.05) is 5.56 Å². The summed E-state index contributed by atoms with van der Waals surface area (Å²) in [6, 6.07) is 6.28. The lowest BCUT2D eigenvalue weighted by Crippen LogP contribution is -2.22. The van der Waals surface area contributed by atoms with E-state index in [1.165, 1.54) is 12.1 Å². The summed E-state index contributed by atoms with van der Waals surface area (Å²) in [5.41, 5.74) is 0.937. The van der Waals surface area contributed by atoms with Crippen molar-refractivity contribution in [2.24, 2.45) is 0 Å². The Hall–Kier alpha value is -2.12. The summed E-state index contributed by atoms with van der Waals surface area (Å²) in [4.78, 5) is 0. The zero-order valence-electron chi connectivity index (χ0n) is 19.5. The van der Waals surface area contributed by atoms with E-state index >= 15 is 0 Å². The van der Waals surface area contributed by atoms with Gasteiger partial charge in [0.15, 0.2) is 23.2 Å². The van der Waals surface area contributed by atoms with Crippen LogP contribution in [0.4, 0.5) is 17.6 Å². The normalized spacial score (nSPS) is 25.4. The second-order valence-corrected chi connectivity index (χ2v) is 9.45. The molecule has 2 aromatic carbocycles. The number of rotatable bonds is 7. The Bertz CT molecular complexity index is 980. The van der Waals surface area contributed by atoms with Gasteiger partial charge in [-0.2, -0.15) is 4.39 Å². The van der Waals surface area contributed by atoms with Gasteiger partial charge >= 0.3 is 0 Å². The Labute approximate surface area is 198 Å². The van der Waals surface area contributed by atoms with Crippen LogP contribution in [0.1, 0.15) is 86.8 Å². The number of benzene rings is 2. The average molecular weight is 481 g/mol. The highest BCUT2D eigenvalue weighted by atomic mass is 19.2. The zero-order valence-corrected chi connectivity index (χ0v) is 19.5. The molecule has 34 heavy (non-hydrogen) atoms. The highest BCUT2D eigenvalue weighted by Crippen LogP contribution is 2.40. The molecule has 0 bridgehead atoms. The Morgan fingerprint density at radius 1 is 0.735 bits per heavy atom. The molecule has 0 unspecified atom stereocenters. The molecule has 0 radical (unpaired) electrons. The van der Waals surface area contributed by atoms with Crippen LogP contribution >= 0.6 is 0 Å². The van der Waals surface area contributed by atoms with Gasteiger partial charge in [0.25, 0.3) is 0 Å². The van der Waals surface area contributed by atoms with Crippen molar-refractivity contribution in [1.82, 2.24) is 0 Å². The SMILES string of the molecule is CCOc1ccc(COC2CCC(c3ccc(C4CCC(O)CC4)c(F)c3F)CC2)c(F)c1F. The van der Waals surface area contributed by atoms with E-state index in [1.807, 2.05) is 0 Å². The molecule has 0 aromatic heterocycles. The van der Waals surface area contributed by atoms with Crippen LogP contribution in [0.2, 0.25) is 0 Å². The number of ether oxygens (including phenoxy) is 2. The molecule has 2 saturated carbocycles. The highest BCUT2D eigenvalue weighted by molar-refractivity contribution is 5.32. The Morgan fingerprint density at radius 3 is 1.85 bits per heavy atom. The average Bonchev–Trinajstić information content (AvgIpc) is 2.84. The van der Waals surface area contributed by atoms with Gasteiger partial charge in [-0.3, -0.25) is 0 Å².